The first-order valence-electron chi connectivity index (χ1n) is 9.82. The Morgan fingerprint density at radius 1 is 0.900 bits per heavy atom. The Balaban J connectivity index is 1.60. The van der Waals surface area contributed by atoms with Crippen LogP contribution in [0.1, 0.15) is 12.5 Å². The SMILES string of the molecule is CCc1ccc(-n2c(SCC(=O)Nc3ccccc3)nnc2-c2ccccc2)cc1. The van der Waals surface area contributed by atoms with Gasteiger partial charge in [-0.3, -0.25) is 9.36 Å². The number of carbonyl (C=O) groups is 1. The molecule has 4 aromatic rings. The molecule has 1 heterocycles. The molecule has 0 aliphatic rings. The standard InChI is InChI=1S/C24H22N4OS/c1-2-18-13-15-21(16-14-18)28-23(19-9-5-3-6-10-19)26-27-24(28)30-17-22(29)25-20-11-7-4-8-12-20/h3-16H,2,17H2,1H3,(H,25,29). The predicted molar refractivity (Wildman–Crippen MR) is 122 cm³/mol. The summed E-state index contributed by atoms with van der Waals surface area (Å²) in [6, 6.07) is 27.8. The molecule has 0 atom stereocenters. The smallest absolute Gasteiger partial charge is 0.234 e. The van der Waals surface area contributed by atoms with Crippen molar-refractivity contribution >= 4 is 23.4 Å². The maximum Gasteiger partial charge on any atom is 0.234 e. The van der Waals surface area contributed by atoms with E-state index in [0.29, 0.717) is 5.16 Å². The number of aromatic nitrogens is 3. The molecule has 4 rings (SSSR count). The third-order valence-electron chi connectivity index (χ3n) is 4.66. The van der Waals surface area contributed by atoms with Crippen molar-refractivity contribution in [2.24, 2.45) is 0 Å². The van der Waals surface area contributed by atoms with Gasteiger partial charge in [-0.2, -0.15) is 0 Å². The normalized spacial score (nSPS) is 10.7. The van der Waals surface area contributed by atoms with Crippen molar-refractivity contribution in [3.63, 3.8) is 0 Å². The quantitative estimate of drug-likeness (QED) is 0.421. The highest BCUT2D eigenvalue weighted by atomic mass is 32.2. The summed E-state index contributed by atoms with van der Waals surface area (Å²) >= 11 is 1.37. The van der Waals surface area contributed by atoms with Crippen LogP contribution < -0.4 is 5.32 Å². The molecule has 6 heteroatoms. The Hall–Kier alpha value is -3.38. The number of hydrogen-bond acceptors (Lipinski definition) is 4. The van der Waals surface area contributed by atoms with E-state index in [4.69, 9.17) is 0 Å². The topological polar surface area (TPSA) is 59.8 Å². The number of hydrogen-bond donors (Lipinski definition) is 1. The predicted octanol–water partition coefficient (Wildman–Crippen LogP) is 5.23. The van der Waals surface area contributed by atoms with Gasteiger partial charge in [-0.15, -0.1) is 10.2 Å². The molecule has 150 valence electrons. The summed E-state index contributed by atoms with van der Waals surface area (Å²) in [5, 5.41) is 12.4. The summed E-state index contributed by atoms with van der Waals surface area (Å²) in [4.78, 5) is 12.4. The van der Waals surface area contributed by atoms with E-state index in [1.807, 2.05) is 65.2 Å². The van der Waals surface area contributed by atoms with E-state index in [9.17, 15) is 4.79 Å². The fraction of sp³-hybridized carbons (Fsp3) is 0.125. The minimum absolute atomic E-state index is 0.0802. The van der Waals surface area contributed by atoms with Crippen LogP contribution in [0.4, 0.5) is 5.69 Å². The van der Waals surface area contributed by atoms with E-state index in [-0.39, 0.29) is 11.7 Å². The molecule has 30 heavy (non-hydrogen) atoms. The second-order valence-electron chi connectivity index (χ2n) is 6.73. The number of aryl methyl sites for hydroxylation is 1. The zero-order chi connectivity index (χ0) is 20.8. The molecule has 5 nitrogen and oxygen atoms in total. The highest BCUT2D eigenvalue weighted by Gasteiger charge is 2.17. The second-order valence-corrected chi connectivity index (χ2v) is 7.67. The van der Waals surface area contributed by atoms with Gasteiger partial charge in [0.05, 0.1) is 5.75 Å². The molecule has 0 saturated carbocycles. The Kier molecular flexibility index (Phi) is 6.25. The lowest BCUT2D eigenvalue weighted by atomic mass is 10.1. The van der Waals surface area contributed by atoms with Crippen LogP contribution in [0, 0.1) is 0 Å². The molecular weight excluding hydrogens is 392 g/mol. The van der Waals surface area contributed by atoms with Crippen molar-refractivity contribution < 1.29 is 4.79 Å². The Bertz CT molecular complexity index is 1110. The first kappa shape index (κ1) is 19.9. The summed E-state index contributed by atoms with van der Waals surface area (Å²) in [6.07, 6.45) is 0.981. The van der Waals surface area contributed by atoms with E-state index < -0.39 is 0 Å². The Labute approximate surface area is 180 Å². The highest BCUT2D eigenvalue weighted by molar-refractivity contribution is 7.99. The molecule has 1 aromatic heterocycles. The summed E-state index contributed by atoms with van der Waals surface area (Å²) in [6.45, 7) is 2.13. The van der Waals surface area contributed by atoms with Crippen LogP contribution in [-0.4, -0.2) is 26.4 Å². The van der Waals surface area contributed by atoms with Crippen molar-refractivity contribution in [3.05, 3.63) is 90.5 Å². The summed E-state index contributed by atoms with van der Waals surface area (Å²) in [5.74, 6) is 0.920. The number of para-hydroxylation sites is 1. The van der Waals surface area contributed by atoms with Crippen LogP contribution in [0.3, 0.4) is 0 Å². The van der Waals surface area contributed by atoms with E-state index in [1.54, 1.807) is 0 Å². The van der Waals surface area contributed by atoms with Gasteiger partial charge in [-0.25, -0.2) is 0 Å². The lowest BCUT2D eigenvalue weighted by Gasteiger charge is -2.11. The minimum Gasteiger partial charge on any atom is -0.325 e. The van der Waals surface area contributed by atoms with Gasteiger partial charge < -0.3 is 5.32 Å². The van der Waals surface area contributed by atoms with Crippen molar-refractivity contribution in [3.8, 4) is 17.1 Å². The van der Waals surface area contributed by atoms with Gasteiger partial charge in [0.2, 0.25) is 5.91 Å². The van der Waals surface area contributed by atoms with Crippen molar-refractivity contribution in [2.75, 3.05) is 11.1 Å². The zero-order valence-corrected chi connectivity index (χ0v) is 17.5. The third-order valence-corrected chi connectivity index (χ3v) is 5.59. The van der Waals surface area contributed by atoms with E-state index in [1.165, 1.54) is 17.3 Å². The average molecular weight is 415 g/mol. The molecule has 0 bridgehead atoms. The first-order valence-corrected chi connectivity index (χ1v) is 10.8. The third kappa shape index (κ3) is 4.60. The largest absolute Gasteiger partial charge is 0.325 e. The van der Waals surface area contributed by atoms with Crippen molar-refractivity contribution in [2.45, 2.75) is 18.5 Å². The number of rotatable bonds is 7. The van der Waals surface area contributed by atoms with Crippen LogP contribution in [-0.2, 0) is 11.2 Å². The van der Waals surface area contributed by atoms with Crippen molar-refractivity contribution in [1.82, 2.24) is 14.8 Å². The number of nitrogens with zero attached hydrogens (tertiary/aromatic N) is 3. The van der Waals surface area contributed by atoms with Crippen LogP contribution in [0.2, 0.25) is 0 Å². The van der Waals surface area contributed by atoms with E-state index in [0.717, 1.165) is 29.2 Å². The monoisotopic (exact) mass is 414 g/mol. The molecule has 0 unspecified atom stereocenters. The van der Waals surface area contributed by atoms with Gasteiger partial charge in [-0.05, 0) is 36.2 Å². The maximum absolute atomic E-state index is 12.4. The molecule has 0 saturated heterocycles. The zero-order valence-electron chi connectivity index (χ0n) is 16.7. The maximum atomic E-state index is 12.4. The fourth-order valence-electron chi connectivity index (χ4n) is 3.10. The van der Waals surface area contributed by atoms with Gasteiger partial charge in [0, 0.05) is 16.9 Å². The van der Waals surface area contributed by atoms with Gasteiger partial charge in [0.25, 0.3) is 0 Å². The van der Waals surface area contributed by atoms with Gasteiger partial charge in [0.15, 0.2) is 11.0 Å². The van der Waals surface area contributed by atoms with Gasteiger partial charge in [-0.1, -0.05) is 79.3 Å². The van der Waals surface area contributed by atoms with Crippen LogP contribution in [0.5, 0.6) is 0 Å². The molecule has 0 aliphatic heterocycles. The number of nitrogens with one attached hydrogen (secondary N) is 1. The van der Waals surface area contributed by atoms with Crippen LogP contribution in [0.25, 0.3) is 17.1 Å². The molecule has 0 radical (unpaired) electrons. The number of carbonyl (C=O) groups excluding carboxylic acids is 1. The number of thioether (sulfide) groups is 1. The lowest BCUT2D eigenvalue weighted by molar-refractivity contribution is -0.113. The molecular formula is C24H22N4OS. The molecule has 0 aliphatic carbocycles. The highest BCUT2D eigenvalue weighted by Crippen LogP contribution is 2.28. The summed E-state index contributed by atoms with van der Waals surface area (Å²) in [7, 11) is 0. The molecule has 0 spiro atoms. The van der Waals surface area contributed by atoms with Gasteiger partial charge >= 0.3 is 0 Å². The van der Waals surface area contributed by atoms with Crippen LogP contribution in [0.15, 0.2) is 90.1 Å². The Morgan fingerprint density at radius 2 is 1.57 bits per heavy atom. The molecule has 1 N–H and O–H groups in total. The molecule has 3 aromatic carbocycles. The Morgan fingerprint density at radius 3 is 2.23 bits per heavy atom. The molecule has 1 amide bonds. The lowest BCUT2D eigenvalue weighted by Crippen LogP contribution is -2.14. The van der Waals surface area contributed by atoms with E-state index in [2.05, 4.69) is 46.7 Å². The van der Waals surface area contributed by atoms with Gasteiger partial charge in [0.1, 0.15) is 0 Å². The average Bonchev–Trinajstić information content (AvgIpc) is 3.23. The first-order chi connectivity index (χ1) is 14.7. The van der Waals surface area contributed by atoms with E-state index >= 15 is 0 Å². The minimum atomic E-state index is -0.0802. The summed E-state index contributed by atoms with van der Waals surface area (Å²) in [5.41, 5.74) is 4.00. The number of benzene rings is 3. The number of amides is 1. The van der Waals surface area contributed by atoms with Crippen LogP contribution >= 0.6 is 11.8 Å². The number of anilines is 1. The second kappa shape index (κ2) is 9.41. The van der Waals surface area contributed by atoms with Crippen molar-refractivity contribution in [1.29, 1.82) is 0 Å². The fourth-order valence-corrected chi connectivity index (χ4v) is 3.85. The summed E-state index contributed by atoms with van der Waals surface area (Å²) < 4.78 is 2.01. The molecule has 0 fully saturated rings.